The fourth-order valence-electron chi connectivity index (χ4n) is 3.08. The van der Waals surface area contributed by atoms with Crippen LogP contribution >= 0.6 is 11.3 Å². The third-order valence-corrected chi connectivity index (χ3v) is 5.38. The predicted molar refractivity (Wildman–Crippen MR) is 129 cm³/mol. The number of ether oxygens (including phenoxy) is 4. The van der Waals surface area contributed by atoms with E-state index in [1.807, 2.05) is 67.2 Å². The molecule has 0 aliphatic rings. The summed E-state index contributed by atoms with van der Waals surface area (Å²) >= 11 is 1.53. The van der Waals surface area contributed by atoms with Gasteiger partial charge >= 0.3 is 0 Å². The first-order chi connectivity index (χ1) is 15.5. The molecule has 3 rings (SSSR count). The van der Waals surface area contributed by atoms with E-state index in [-0.39, 0.29) is 6.04 Å². The molecular weight excluding hydrogens is 426 g/mol. The van der Waals surface area contributed by atoms with E-state index in [0.717, 1.165) is 27.4 Å². The minimum absolute atomic E-state index is 0.131. The molecule has 0 spiro atoms. The van der Waals surface area contributed by atoms with E-state index >= 15 is 0 Å². The van der Waals surface area contributed by atoms with Crippen molar-refractivity contribution in [3.8, 4) is 34.3 Å². The minimum Gasteiger partial charge on any atom is -0.497 e. The van der Waals surface area contributed by atoms with Crippen molar-refractivity contribution < 1.29 is 18.9 Å². The van der Waals surface area contributed by atoms with Gasteiger partial charge in [0.2, 0.25) is 4.80 Å². The summed E-state index contributed by atoms with van der Waals surface area (Å²) in [6.45, 7) is 6.59. The van der Waals surface area contributed by atoms with E-state index in [1.54, 1.807) is 27.5 Å². The Hall–Kier alpha value is -3.26. The maximum atomic E-state index is 5.62. The Balaban J connectivity index is 2.09. The third-order valence-electron chi connectivity index (χ3n) is 4.55. The van der Waals surface area contributed by atoms with Crippen molar-refractivity contribution in [2.24, 2.45) is 10.1 Å². The number of rotatable bonds is 9. The number of hydrogen-bond acceptors (Lipinski definition) is 7. The van der Waals surface area contributed by atoms with Crippen LogP contribution in [0.3, 0.4) is 0 Å². The molecule has 0 fully saturated rings. The number of aromatic nitrogens is 1. The molecule has 0 saturated heterocycles. The second kappa shape index (κ2) is 10.9. The zero-order chi connectivity index (χ0) is 23.1. The lowest BCUT2D eigenvalue weighted by Crippen LogP contribution is -2.14. The average Bonchev–Trinajstić information content (AvgIpc) is 3.19. The van der Waals surface area contributed by atoms with Gasteiger partial charge < -0.3 is 18.9 Å². The highest BCUT2D eigenvalue weighted by Crippen LogP contribution is 2.33. The second-order valence-corrected chi connectivity index (χ2v) is 7.93. The van der Waals surface area contributed by atoms with Gasteiger partial charge in [0.15, 0.2) is 11.5 Å². The minimum atomic E-state index is 0.131. The molecule has 0 bridgehead atoms. The Morgan fingerprint density at radius 1 is 0.969 bits per heavy atom. The highest BCUT2D eigenvalue weighted by molar-refractivity contribution is 7.07. The number of hydrogen-bond donors (Lipinski definition) is 0. The van der Waals surface area contributed by atoms with Crippen molar-refractivity contribution in [3.63, 3.8) is 0 Å². The monoisotopic (exact) mass is 455 g/mol. The Kier molecular flexibility index (Phi) is 7.94. The van der Waals surface area contributed by atoms with Gasteiger partial charge in [0.1, 0.15) is 11.5 Å². The number of nitrogens with zero attached hydrogens (tertiary/aromatic N) is 3. The van der Waals surface area contributed by atoms with E-state index < -0.39 is 0 Å². The van der Waals surface area contributed by atoms with E-state index in [2.05, 4.69) is 0 Å². The Bertz CT molecular complexity index is 1150. The predicted octanol–water partition coefficient (Wildman–Crippen LogP) is 4.83. The van der Waals surface area contributed by atoms with Crippen molar-refractivity contribution in [1.29, 1.82) is 0 Å². The normalized spacial score (nSPS) is 11.9. The Morgan fingerprint density at radius 2 is 1.75 bits per heavy atom. The van der Waals surface area contributed by atoms with Crippen LogP contribution in [-0.2, 0) is 0 Å². The van der Waals surface area contributed by atoms with Gasteiger partial charge in [-0.25, -0.2) is 4.68 Å². The van der Waals surface area contributed by atoms with E-state index in [0.29, 0.717) is 23.9 Å². The van der Waals surface area contributed by atoms with Crippen LogP contribution in [-0.4, -0.2) is 44.9 Å². The Morgan fingerprint density at radius 3 is 2.41 bits per heavy atom. The highest BCUT2D eigenvalue weighted by Gasteiger charge is 2.14. The van der Waals surface area contributed by atoms with Crippen LogP contribution in [0.4, 0.5) is 0 Å². The average molecular weight is 456 g/mol. The smallest absolute Gasteiger partial charge is 0.206 e. The summed E-state index contributed by atoms with van der Waals surface area (Å²) in [5.74, 6) is 2.79. The summed E-state index contributed by atoms with van der Waals surface area (Å²) in [5, 5.41) is 6.79. The molecule has 0 aliphatic carbocycles. The third kappa shape index (κ3) is 5.31. The first kappa shape index (κ1) is 23.4. The number of benzene rings is 2. The number of thiazole rings is 1. The molecule has 0 atom stereocenters. The standard InChI is InChI=1S/C24H29N3O4S/c1-7-31-21-11-8-17(12-23(21)30-6)14-25-27-20(15-32-24(27)26-16(2)3)19-10-9-18(28-4)13-22(19)29-5/h8-16H,7H2,1-6H3. The lowest BCUT2D eigenvalue weighted by atomic mass is 10.1. The Labute approximate surface area is 192 Å². The van der Waals surface area contributed by atoms with Crippen molar-refractivity contribution in [3.05, 3.63) is 52.1 Å². The zero-order valence-corrected chi connectivity index (χ0v) is 20.1. The van der Waals surface area contributed by atoms with Gasteiger partial charge in [0.25, 0.3) is 0 Å². The summed E-state index contributed by atoms with van der Waals surface area (Å²) in [5.41, 5.74) is 2.66. The van der Waals surface area contributed by atoms with Gasteiger partial charge in [-0.1, -0.05) is 0 Å². The maximum Gasteiger partial charge on any atom is 0.206 e. The van der Waals surface area contributed by atoms with Crippen LogP contribution in [0.2, 0.25) is 0 Å². The zero-order valence-electron chi connectivity index (χ0n) is 19.3. The molecule has 0 amide bonds. The van der Waals surface area contributed by atoms with Gasteiger partial charge in [-0.15, -0.1) is 11.3 Å². The second-order valence-electron chi connectivity index (χ2n) is 7.09. The molecule has 0 unspecified atom stereocenters. The molecular formula is C24H29N3O4S. The molecule has 7 nitrogen and oxygen atoms in total. The molecule has 0 aliphatic heterocycles. The van der Waals surface area contributed by atoms with Crippen molar-refractivity contribution in [2.75, 3.05) is 27.9 Å². The molecule has 170 valence electrons. The fraction of sp³-hybridized carbons (Fsp3) is 0.333. The van der Waals surface area contributed by atoms with Crippen molar-refractivity contribution in [1.82, 2.24) is 4.68 Å². The summed E-state index contributed by atoms with van der Waals surface area (Å²) in [6, 6.07) is 11.6. The van der Waals surface area contributed by atoms with Crippen molar-refractivity contribution >= 4 is 17.6 Å². The molecule has 32 heavy (non-hydrogen) atoms. The number of methoxy groups -OCH3 is 3. The molecule has 0 saturated carbocycles. The SMILES string of the molecule is CCOc1ccc(C=Nn2c(-c3ccc(OC)cc3OC)csc2=NC(C)C)cc1OC. The lowest BCUT2D eigenvalue weighted by Gasteiger charge is -2.11. The molecule has 2 aromatic carbocycles. The molecule has 8 heteroatoms. The summed E-state index contributed by atoms with van der Waals surface area (Å²) < 4.78 is 23.8. The largest absolute Gasteiger partial charge is 0.497 e. The van der Waals surface area contributed by atoms with Crippen LogP contribution in [0, 0.1) is 0 Å². The highest BCUT2D eigenvalue weighted by atomic mass is 32.1. The topological polar surface area (TPSA) is 66.6 Å². The van der Waals surface area contributed by atoms with Crippen LogP contribution in [0.25, 0.3) is 11.3 Å². The van der Waals surface area contributed by atoms with Crippen LogP contribution < -0.4 is 23.7 Å². The fourth-order valence-corrected chi connectivity index (χ4v) is 4.04. The summed E-state index contributed by atoms with van der Waals surface area (Å²) in [6.07, 6.45) is 1.78. The van der Waals surface area contributed by atoms with Gasteiger partial charge in [0.05, 0.1) is 39.8 Å². The molecule has 3 aromatic rings. The van der Waals surface area contributed by atoms with Gasteiger partial charge in [-0.05, 0) is 56.7 Å². The van der Waals surface area contributed by atoms with Crippen LogP contribution in [0.1, 0.15) is 26.3 Å². The lowest BCUT2D eigenvalue weighted by molar-refractivity contribution is 0.311. The molecule has 1 heterocycles. The quantitative estimate of drug-likeness (QED) is 0.434. The molecule has 0 radical (unpaired) electrons. The van der Waals surface area contributed by atoms with E-state index in [9.17, 15) is 0 Å². The first-order valence-corrected chi connectivity index (χ1v) is 11.2. The van der Waals surface area contributed by atoms with Crippen LogP contribution in [0.15, 0.2) is 51.9 Å². The molecule has 1 aromatic heterocycles. The van der Waals surface area contributed by atoms with Crippen molar-refractivity contribution in [2.45, 2.75) is 26.8 Å². The van der Waals surface area contributed by atoms with Crippen LogP contribution in [0.5, 0.6) is 23.0 Å². The summed E-state index contributed by atoms with van der Waals surface area (Å²) in [7, 11) is 4.90. The van der Waals surface area contributed by atoms with Gasteiger partial charge in [-0.2, -0.15) is 5.10 Å². The van der Waals surface area contributed by atoms with Gasteiger partial charge in [0, 0.05) is 23.1 Å². The van der Waals surface area contributed by atoms with E-state index in [4.69, 9.17) is 29.0 Å². The summed E-state index contributed by atoms with van der Waals surface area (Å²) in [4.78, 5) is 5.53. The van der Waals surface area contributed by atoms with Gasteiger partial charge in [-0.3, -0.25) is 4.99 Å². The van der Waals surface area contributed by atoms with E-state index in [1.165, 1.54) is 11.3 Å². The first-order valence-electron chi connectivity index (χ1n) is 10.3. The maximum absolute atomic E-state index is 5.62. The molecule has 0 N–H and O–H groups in total.